The van der Waals surface area contributed by atoms with Gasteiger partial charge in [0.1, 0.15) is 0 Å². The zero-order valence-corrected chi connectivity index (χ0v) is 18.1. The zero-order chi connectivity index (χ0) is 23.1. The normalized spacial score (nSPS) is 12.5. The van der Waals surface area contributed by atoms with E-state index in [9.17, 15) is 21.6 Å². The van der Waals surface area contributed by atoms with E-state index in [4.69, 9.17) is 11.6 Å². The van der Waals surface area contributed by atoms with Gasteiger partial charge in [0.25, 0.3) is 0 Å². The summed E-state index contributed by atoms with van der Waals surface area (Å²) < 4.78 is 71.6. The molecule has 2 aromatic carbocycles. The van der Waals surface area contributed by atoms with Crippen molar-refractivity contribution >= 4 is 32.5 Å². The van der Waals surface area contributed by atoms with Crippen LogP contribution in [0, 0.1) is 6.92 Å². The second kappa shape index (κ2) is 8.23. The molecule has 12 heteroatoms. The first-order valence-corrected chi connectivity index (χ1v) is 11.2. The molecular formula is C20H16ClF3N4O3S. The Bertz CT molecular complexity index is 1380. The number of hydrogen-bond acceptors (Lipinski definition) is 5. The number of nitrogens with zero attached hydrogens (tertiary/aromatic N) is 3. The summed E-state index contributed by atoms with van der Waals surface area (Å²) in [5.74, 6) is -1.57. The lowest BCUT2D eigenvalue weighted by atomic mass is 10.1. The third-order valence-corrected chi connectivity index (χ3v) is 6.50. The molecule has 168 valence electrons. The molecule has 7 nitrogen and oxygen atoms in total. The minimum atomic E-state index is -4.71. The highest BCUT2D eigenvalue weighted by Crippen LogP contribution is 2.31. The van der Waals surface area contributed by atoms with Crippen LogP contribution in [0.1, 0.15) is 11.5 Å². The Morgan fingerprint density at radius 1 is 1.16 bits per heavy atom. The lowest BCUT2D eigenvalue weighted by Gasteiger charge is -2.09. The van der Waals surface area contributed by atoms with Gasteiger partial charge in [-0.3, -0.25) is 0 Å². The van der Waals surface area contributed by atoms with Crippen LogP contribution < -0.4 is 4.72 Å². The number of hydrogen-bond donors (Lipinski definition) is 1. The van der Waals surface area contributed by atoms with Crippen LogP contribution in [0.2, 0.25) is 5.02 Å². The number of halogens is 4. The summed E-state index contributed by atoms with van der Waals surface area (Å²) in [5, 5.41) is 4.63. The highest BCUT2D eigenvalue weighted by atomic mass is 35.5. The van der Waals surface area contributed by atoms with Gasteiger partial charge in [-0.15, -0.1) is 0 Å². The monoisotopic (exact) mass is 484 g/mol. The molecule has 0 saturated carbocycles. The van der Waals surface area contributed by atoms with E-state index in [0.717, 1.165) is 16.5 Å². The maximum Gasteiger partial charge on any atom is 0.471 e. The minimum Gasteiger partial charge on any atom is -0.346 e. The van der Waals surface area contributed by atoms with Gasteiger partial charge in [0, 0.05) is 40.8 Å². The van der Waals surface area contributed by atoms with Crippen LogP contribution in [-0.2, 0) is 22.7 Å². The predicted molar refractivity (Wildman–Crippen MR) is 112 cm³/mol. The van der Waals surface area contributed by atoms with E-state index < -0.39 is 22.1 Å². The lowest BCUT2D eigenvalue weighted by Crippen LogP contribution is -2.27. The van der Waals surface area contributed by atoms with E-state index in [2.05, 4.69) is 19.4 Å². The van der Waals surface area contributed by atoms with Gasteiger partial charge >= 0.3 is 12.1 Å². The Balaban J connectivity index is 1.52. The fraction of sp³-hybridized carbons (Fsp3) is 0.200. The third-order valence-electron chi connectivity index (χ3n) is 4.78. The van der Waals surface area contributed by atoms with Gasteiger partial charge in [-0.25, -0.2) is 13.1 Å². The molecular weight excluding hydrogens is 469 g/mol. The van der Waals surface area contributed by atoms with Crippen molar-refractivity contribution in [1.82, 2.24) is 19.4 Å². The van der Waals surface area contributed by atoms with Crippen LogP contribution in [0.5, 0.6) is 0 Å². The van der Waals surface area contributed by atoms with Gasteiger partial charge < -0.3 is 9.09 Å². The quantitative estimate of drug-likeness (QED) is 0.430. The molecule has 0 bridgehead atoms. The van der Waals surface area contributed by atoms with Crippen molar-refractivity contribution in [3.05, 3.63) is 65.1 Å². The molecule has 4 aromatic rings. The van der Waals surface area contributed by atoms with Crippen LogP contribution in [0.15, 0.2) is 58.1 Å². The number of fused-ring (bicyclic) bond motifs is 1. The fourth-order valence-electron chi connectivity index (χ4n) is 3.25. The molecule has 0 aliphatic heterocycles. The molecule has 0 amide bonds. The molecule has 32 heavy (non-hydrogen) atoms. The molecule has 0 fully saturated rings. The number of aromatic nitrogens is 3. The smallest absolute Gasteiger partial charge is 0.346 e. The average Bonchev–Trinajstić information content (AvgIpc) is 3.34. The standard InChI is InChI=1S/C20H16ClF3N4O3S/c1-12-11-28(9-8-25-32(29,30)15-5-3-14(21)4-6-15)17-7-2-13(10-16(12)17)18-26-19(31-27-18)20(22,23)24/h2-7,10-11,25H,8-9H2,1H3. The first-order chi connectivity index (χ1) is 15.0. The number of benzene rings is 2. The third kappa shape index (κ3) is 4.50. The Morgan fingerprint density at radius 2 is 1.88 bits per heavy atom. The number of aryl methyl sites for hydroxylation is 1. The van der Waals surface area contributed by atoms with Crippen molar-refractivity contribution in [1.29, 1.82) is 0 Å². The second-order valence-electron chi connectivity index (χ2n) is 7.01. The van der Waals surface area contributed by atoms with Crippen LogP contribution in [0.25, 0.3) is 22.3 Å². The predicted octanol–water partition coefficient (Wildman–Crippen LogP) is 4.65. The van der Waals surface area contributed by atoms with Crippen molar-refractivity contribution in [2.45, 2.75) is 24.5 Å². The maximum atomic E-state index is 12.7. The van der Waals surface area contributed by atoms with Gasteiger partial charge in [-0.05, 0) is 55.0 Å². The maximum absolute atomic E-state index is 12.7. The van der Waals surface area contributed by atoms with E-state index in [0.29, 0.717) is 17.1 Å². The topological polar surface area (TPSA) is 90.0 Å². The highest BCUT2D eigenvalue weighted by Gasteiger charge is 2.38. The SMILES string of the molecule is Cc1cn(CCNS(=O)(=O)c2ccc(Cl)cc2)c2ccc(-c3noc(C(F)(F)F)n3)cc12. The number of sulfonamides is 1. The second-order valence-corrected chi connectivity index (χ2v) is 9.21. The molecule has 4 rings (SSSR count). The van der Waals surface area contributed by atoms with Crippen LogP contribution >= 0.6 is 11.6 Å². The van der Waals surface area contributed by atoms with Gasteiger partial charge in [0.05, 0.1) is 4.90 Å². The molecule has 0 aliphatic rings. The Labute approximate surface area is 185 Å². The molecule has 0 aliphatic carbocycles. The van der Waals surface area contributed by atoms with Crippen LogP contribution in [-0.4, -0.2) is 29.7 Å². The van der Waals surface area contributed by atoms with Crippen molar-refractivity contribution in [3.8, 4) is 11.4 Å². The van der Waals surface area contributed by atoms with E-state index in [-0.39, 0.29) is 17.3 Å². The molecule has 0 radical (unpaired) electrons. The van der Waals surface area contributed by atoms with Crippen LogP contribution in [0.4, 0.5) is 13.2 Å². The van der Waals surface area contributed by atoms with Crippen molar-refractivity contribution in [2.24, 2.45) is 0 Å². The number of nitrogens with one attached hydrogen (secondary N) is 1. The molecule has 0 unspecified atom stereocenters. The largest absolute Gasteiger partial charge is 0.471 e. The number of rotatable bonds is 6. The summed E-state index contributed by atoms with van der Waals surface area (Å²) in [7, 11) is -3.69. The zero-order valence-electron chi connectivity index (χ0n) is 16.5. The molecule has 0 atom stereocenters. The summed E-state index contributed by atoms with van der Waals surface area (Å²) >= 11 is 5.79. The summed E-state index contributed by atoms with van der Waals surface area (Å²) in [6.45, 7) is 2.32. The van der Waals surface area contributed by atoms with E-state index in [1.165, 1.54) is 24.3 Å². The van der Waals surface area contributed by atoms with E-state index >= 15 is 0 Å². The van der Waals surface area contributed by atoms with Crippen LogP contribution in [0.3, 0.4) is 0 Å². The van der Waals surface area contributed by atoms with Gasteiger partial charge in [-0.1, -0.05) is 16.8 Å². The van der Waals surface area contributed by atoms with Crippen molar-refractivity contribution in [3.63, 3.8) is 0 Å². The van der Waals surface area contributed by atoms with Crippen molar-refractivity contribution in [2.75, 3.05) is 6.54 Å². The summed E-state index contributed by atoms with van der Waals surface area (Å²) in [6.07, 6.45) is -2.88. The Morgan fingerprint density at radius 3 is 2.53 bits per heavy atom. The highest BCUT2D eigenvalue weighted by molar-refractivity contribution is 7.89. The first-order valence-electron chi connectivity index (χ1n) is 9.30. The van der Waals surface area contributed by atoms with Crippen molar-refractivity contribution < 1.29 is 26.1 Å². The molecule has 2 heterocycles. The summed E-state index contributed by atoms with van der Waals surface area (Å²) in [5.41, 5.74) is 2.03. The van der Waals surface area contributed by atoms with Gasteiger partial charge in [-0.2, -0.15) is 18.2 Å². The number of alkyl halides is 3. The summed E-state index contributed by atoms with van der Waals surface area (Å²) in [4.78, 5) is 3.52. The molecule has 2 aromatic heterocycles. The Hall–Kier alpha value is -2.89. The molecule has 1 N–H and O–H groups in total. The lowest BCUT2D eigenvalue weighted by molar-refractivity contribution is -0.159. The van der Waals surface area contributed by atoms with E-state index in [1.54, 1.807) is 18.2 Å². The molecule has 0 spiro atoms. The Kier molecular flexibility index (Phi) is 5.74. The average molecular weight is 485 g/mol. The fourth-order valence-corrected chi connectivity index (χ4v) is 4.40. The van der Waals surface area contributed by atoms with E-state index in [1.807, 2.05) is 17.7 Å². The minimum absolute atomic E-state index is 0.110. The van der Waals surface area contributed by atoms with Gasteiger partial charge in [0.2, 0.25) is 15.8 Å². The van der Waals surface area contributed by atoms with Gasteiger partial charge in [0.15, 0.2) is 0 Å². The molecule has 0 saturated heterocycles. The first kappa shape index (κ1) is 22.3. The summed E-state index contributed by atoms with van der Waals surface area (Å²) in [6, 6.07) is 10.8.